The molecule has 1 aromatic heterocycles. The van der Waals surface area contributed by atoms with Crippen molar-refractivity contribution in [2.24, 2.45) is 0 Å². The summed E-state index contributed by atoms with van der Waals surface area (Å²) in [5.41, 5.74) is -0.823. The van der Waals surface area contributed by atoms with Crippen molar-refractivity contribution in [3.05, 3.63) is 63.0 Å². The van der Waals surface area contributed by atoms with Crippen molar-refractivity contribution >= 4 is 29.0 Å². The number of nitro benzene ring substituents is 1. The van der Waals surface area contributed by atoms with Crippen LogP contribution < -0.4 is 5.32 Å². The third-order valence-corrected chi connectivity index (χ3v) is 2.57. The monoisotopic (exact) mass is 295 g/mol. The minimum absolute atomic E-state index is 0.119. The molecule has 0 atom stereocenters. The molecular formula is C12H7ClFN3O3. The second-order valence-corrected chi connectivity index (χ2v) is 4.11. The standard InChI is InChI=1S/C12H7ClFN3O3/c13-10-2-1-3-11(15-10)16-12(18)8-6-7(17(19)20)4-5-9(8)14/h1-6H,(H,15,16,18). The van der Waals surface area contributed by atoms with Crippen LogP contribution in [0.1, 0.15) is 10.4 Å². The maximum atomic E-state index is 13.5. The molecule has 2 aromatic rings. The SMILES string of the molecule is O=C(Nc1cccc(Cl)n1)c1cc([N+](=O)[O-])ccc1F. The number of rotatable bonds is 3. The van der Waals surface area contributed by atoms with Gasteiger partial charge in [-0.05, 0) is 18.2 Å². The molecule has 0 unspecified atom stereocenters. The van der Waals surface area contributed by atoms with E-state index in [1.165, 1.54) is 12.1 Å². The Kier molecular flexibility index (Phi) is 3.90. The summed E-state index contributed by atoms with van der Waals surface area (Å²) in [4.78, 5) is 25.6. The zero-order valence-electron chi connectivity index (χ0n) is 9.84. The first-order chi connectivity index (χ1) is 9.47. The van der Waals surface area contributed by atoms with Crippen LogP contribution in [0, 0.1) is 15.9 Å². The van der Waals surface area contributed by atoms with Crippen molar-refractivity contribution in [3.8, 4) is 0 Å². The zero-order chi connectivity index (χ0) is 14.7. The van der Waals surface area contributed by atoms with Gasteiger partial charge in [-0.3, -0.25) is 14.9 Å². The number of hydrogen-bond acceptors (Lipinski definition) is 4. The minimum Gasteiger partial charge on any atom is -0.306 e. The smallest absolute Gasteiger partial charge is 0.270 e. The number of aromatic nitrogens is 1. The molecule has 6 nitrogen and oxygen atoms in total. The third kappa shape index (κ3) is 3.07. The van der Waals surface area contributed by atoms with Gasteiger partial charge in [-0.2, -0.15) is 0 Å². The van der Waals surface area contributed by atoms with E-state index < -0.39 is 22.2 Å². The van der Waals surface area contributed by atoms with Gasteiger partial charge in [0.1, 0.15) is 16.8 Å². The van der Waals surface area contributed by atoms with Crippen LogP contribution in [0.15, 0.2) is 36.4 Å². The summed E-state index contributed by atoms with van der Waals surface area (Å²) < 4.78 is 13.5. The van der Waals surface area contributed by atoms with Gasteiger partial charge in [-0.1, -0.05) is 17.7 Å². The lowest BCUT2D eigenvalue weighted by Crippen LogP contribution is -2.15. The lowest BCUT2D eigenvalue weighted by Gasteiger charge is -2.05. The highest BCUT2D eigenvalue weighted by molar-refractivity contribution is 6.29. The molecule has 0 aliphatic heterocycles. The number of benzene rings is 1. The van der Waals surface area contributed by atoms with E-state index in [1.54, 1.807) is 6.07 Å². The zero-order valence-corrected chi connectivity index (χ0v) is 10.6. The lowest BCUT2D eigenvalue weighted by atomic mass is 10.1. The van der Waals surface area contributed by atoms with E-state index >= 15 is 0 Å². The highest BCUT2D eigenvalue weighted by atomic mass is 35.5. The predicted octanol–water partition coefficient (Wildman–Crippen LogP) is 3.03. The first-order valence-corrected chi connectivity index (χ1v) is 5.73. The molecule has 20 heavy (non-hydrogen) atoms. The molecule has 1 heterocycles. The number of nitro groups is 1. The Morgan fingerprint density at radius 3 is 2.75 bits per heavy atom. The number of carbonyl (C=O) groups excluding carboxylic acids is 1. The second-order valence-electron chi connectivity index (χ2n) is 3.72. The van der Waals surface area contributed by atoms with Gasteiger partial charge in [-0.25, -0.2) is 9.37 Å². The summed E-state index contributed by atoms with van der Waals surface area (Å²) in [6.07, 6.45) is 0. The molecule has 8 heteroatoms. The van der Waals surface area contributed by atoms with Crippen molar-refractivity contribution in [1.82, 2.24) is 4.98 Å². The van der Waals surface area contributed by atoms with E-state index in [0.717, 1.165) is 18.2 Å². The maximum absolute atomic E-state index is 13.5. The van der Waals surface area contributed by atoms with Crippen LogP contribution in [-0.4, -0.2) is 15.8 Å². The first kappa shape index (κ1) is 13.9. The van der Waals surface area contributed by atoms with Crippen molar-refractivity contribution in [2.75, 3.05) is 5.32 Å². The van der Waals surface area contributed by atoms with E-state index in [1.807, 2.05) is 0 Å². The number of halogens is 2. The predicted molar refractivity (Wildman–Crippen MR) is 70.3 cm³/mol. The van der Waals surface area contributed by atoms with Crippen molar-refractivity contribution in [3.63, 3.8) is 0 Å². The van der Waals surface area contributed by atoms with Gasteiger partial charge in [0, 0.05) is 12.1 Å². The Hall–Kier alpha value is -2.54. The average molecular weight is 296 g/mol. The Balaban J connectivity index is 2.29. The van der Waals surface area contributed by atoms with Crippen molar-refractivity contribution in [1.29, 1.82) is 0 Å². The van der Waals surface area contributed by atoms with Crippen LogP contribution in [0.25, 0.3) is 0 Å². The maximum Gasteiger partial charge on any atom is 0.270 e. The molecular weight excluding hydrogens is 289 g/mol. The summed E-state index contributed by atoms with van der Waals surface area (Å²) in [5.74, 6) is -1.59. The number of non-ortho nitro benzene ring substituents is 1. The average Bonchev–Trinajstić information content (AvgIpc) is 2.38. The molecule has 0 spiro atoms. The van der Waals surface area contributed by atoms with Crippen molar-refractivity contribution < 1.29 is 14.1 Å². The van der Waals surface area contributed by atoms with Crippen LogP contribution in [0.5, 0.6) is 0 Å². The van der Waals surface area contributed by atoms with E-state index in [2.05, 4.69) is 10.3 Å². The van der Waals surface area contributed by atoms with Gasteiger partial charge in [-0.15, -0.1) is 0 Å². The van der Waals surface area contributed by atoms with Gasteiger partial charge in [0.15, 0.2) is 0 Å². The Morgan fingerprint density at radius 2 is 2.10 bits per heavy atom. The molecule has 0 saturated carbocycles. The molecule has 1 aromatic carbocycles. The van der Waals surface area contributed by atoms with Gasteiger partial charge >= 0.3 is 0 Å². The molecule has 1 amide bonds. The summed E-state index contributed by atoms with van der Waals surface area (Å²) in [6, 6.07) is 7.20. The summed E-state index contributed by atoms with van der Waals surface area (Å²) in [6.45, 7) is 0. The Bertz CT molecular complexity index is 693. The Labute approximate surface area is 117 Å². The molecule has 1 N–H and O–H groups in total. The molecule has 0 aliphatic carbocycles. The fourth-order valence-corrected chi connectivity index (χ4v) is 1.63. The van der Waals surface area contributed by atoms with Crippen molar-refractivity contribution in [2.45, 2.75) is 0 Å². The van der Waals surface area contributed by atoms with Gasteiger partial charge in [0.05, 0.1) is 10.5 Å². The quantitative estimate of drug-likeness (QED) is 0.536. The normalized spacial score (nSPS) is 10.1. The van der Waals surface area contributed by atoms with Crippen LogP contribution in [0.2, 0.25) is 5.15 Å². The number of anilines is 1. The number of carbonyl (C=O) groups is 1. The highest BCUT2D eigenvalue weighted by Gasteiger charge is 2.17. The van der Waals surface area contributed by atoms with Crippen LogP contribution in [-0.2, 0) is 0 Å². The third-order valence-electron chi connectivity index (χ3n) is 2.36. The van der Waals surface area contributed by atoms with E-state index in [0.29, 0.717) is 0 Å². The van der Waals surface area contributed by atoms with E-state index in [4.69, 9.17) is 11.6 Å². The van der Waals surface area contributed by atoms with Crippen LogP contribution in [0.4, 0.5) is 15.9 Å². The van der Waals surface area contributed by atoms with Crippen LogP contribution in [0.3, 0.4) is 0 Å². The fourth-order valence-electron chi connectivity index (χ4n) is 1.46. The minimum atomic E-state index is -0.866. The molecule has 102 valence electrons. The van der Waals surface area contributed by atoms with E-state index in [-0.39, 0.29) is 16.7 Å². The number of pyridine rings is 1. The molecule has 0 bridgehead atoms. The summed E-state index contributed by atoms with van der Waals surface area (Å²) in [5, 5.41) is 13.1. The number of nitrogens with one attached hydrogen (secondary N) is 1. The molecule has 2 rings (SSSR count). The van der Waals surface area contributed by atoms with Gasteiger partial charge < -0.3 is 5.32 Å². The topological polar surface area (TPSA) is 85.1 Å². The summed E-state index contributed by atoms with van der Waals surface area (Å²) in [7, 11) is 0. The molecule has 0 fully saturated rings. The van der Waals surface area contributed by atoms with Crippen LogP contribution >= 0.6 is 11.6 Å². The van der Waals surface area contributed by atoms with Gasteiger partial charge in [0.25, 0.3) is 11.6 Å². The highest BCUT2D eigenvalue weighted by Crippen LogP contribution is 2.18. The number of amides is 1. The Morgan fingerprint density at radius 1 is 1.35 bits per heavy atom. The molecule has 0 radical (unpaired) electrons. The largest absolute Gasteiger partial charge is 0.306 e. The number of hydrogen-bond donors (Lipinski definition) is 1. The number of nitrogens with zero attached hydrogens (tertiary/aromatic N) is 2. The first-order valence-electron chi connectivity index (χ1n) is 5.35. The van der Waals surface area contributed by atoms with Gasteiger partial charge in [0.2, 0.25) is 0 Å². The summed E-state index contributed by atoms with van der Waals surface area (Å²) >= 11 is 5.65. The fraction of sp³-hybridized carbons (Fsp3) is 0. The van der Waals surface area contributed by atoms with E-state index in [9.17, 15) is 19.3 Å². The second kappa shape index (κ2) is 5.62. The lowest BCUT2D eigenvalue weighted by molar-refractivity contribution is -0.384. The molecule has 0 aliphatic rings. The molecule has 0 saturated heterocycles.